The fourth-order valence-electron chi connectivity index (χ4n) is 2.22. The van der Waals surface area contributed by atoms with Crippen molar-refractivity contribution in [3.63, 3.8) is 0 Å². The van der Waals surface area contributed by atoms with Gasteiger partial charge in [0.1, 0.15) is 5.75 Å². The van der Waals surface area contributed by atoms with Gasteiger partial charge in [-0.25, -0.2) is 0 Å². The second kappa shape index (κ2) is 11.8. The molecule has 0 aromatic heterocycles. The molecule has 0 fully saturated rings. The van der Waals surface area contributed by atoms with Gasteiger partial charge in [-0.15, -0.1) is 0 Å². The van der Waals surface area contributed by atoms with Crippen LogP contribution in [-0.2, 0) is 11.3 Å². The van der Waals surface area contributed by atoms with Crippen LogP contribution in [0.25, 0.3) is 0 Å². The van der Waals surface area contributed by atoms with Gasteiger partial charge in [-0.3, -0.25) is 4.79 Å². The van der Waals surface area contributed by atoms with Crippen molar-refractivity contribution < 1.29 is 9.53 Å². The molecular weight excluding hydrogens is 274 g/mol. The van der Waals surface area contributed by atoms with E-state index in [0.29, 0.717) is 6.54 Å². The maximum atomic E-state index is 11.7. The van der Waals surface area contributed by atoms with Gasteiger partial charge in [0.25, 0.3) is 0 Å². The third-order valence-electron chi connectivity index (χ3n) is 3.62. The van der Waals surface area contributed by atoms with Gasteiger partial charge in [0, 0.05) is 6.54 Å². The molecule has 0 radical (unpaired) electrons. The molecule has 0 atom stereocenters. The van der Waals surface area contributed by atoms with Crippen molar-refractivity contribution in [3.8, 4) is 5.75 Å². The fourth-order valence-corrected chi connectivity index (χ4v) is 2.22. The number of amides is 1. The zero-order valence-electron chi connectivity index (χ0n) is 13.9. The van der Waals surface area contributed by atoms with Crippen LogP contribution < -0.4 is 10.1 Å². The van der Waals surface area contributed by atoms with Crippen LogP contribution in [0.1, 0.15) is 57.4 Å². The second-order valence-electron chi connectivity index (χ2n) is 5.52. The highest BCUT2D eigenvalue weighted by Crippen LogP contribution is 2.11. The zero-order chi connectivity index (χ0) is 16.0. The minimum absolute atomic E-state index is 0.0261. The summed E-state index contributed by atoms with van der Waals surface area (Å²) in [7, 11) is 1.64. The van der Waals surface area contributed by atoms with Crippen LogP contribution in [0, 0.1) is 0 Å². The van der Waals surface area contributed by atoms with Crippen molar-refractivity contribution in [2.24, 2.45) is 0 Å². The largest absolute Gasteiger partial charge is 0.497 e. The number of carbonyl (C=O) groups is 1. The molecule has 0 heterocycles. The van der Waals surface area contributed by atoms with E-state index in [0.717, 1.165) is 17.7 Å². The van der Waals surface area contributed by atoms with Crippen molar-refractivity contribution in [2.45, 2.75) is 58.4 Å². The number of ether oxygens (including phenoxy) is 1. The number of unbranched alkanes of at least 4 members (excludes halogenated alkanes) is 6. The highest BCUT2D eigenvalue weighted by Gasteiger charge is 1.97. The summed E-state index contributed by atoms with van der Waals surface area (Å²) in [5, 5.41) is 2.89. The fraction of sp³-hybridized carbons (Fsp3) is 0.526. The van der Waals surface area contributed by atoms with Crippen molar-refractivity contribution in [1.29, 1.82) is 0 Å². The summed E-state index contributed by atoms with van der Waals surface area (Å²) in [6.07, 6.45) is 12.3. The summed E-state index contributed by atoms with van der Waals surface area (Å²) >= 11 is 0. The van der Waals surface area contributed by atoms with E-state index in [2.05, 4.69) is 12.2 Å². The molecule has 0 spiro atoms. The van der Waals surface area contributed by atoms with Crippen LogP contribution in [-0.4, -0.2) is 13.0 Å². The minimum atomic E-state index is -0.0261. The number of rotatable bonds is 11. The van der Waals surface area contributed by atoms with E-state index >= 15 is 0 Å². The number of hydrogen-bond acceptors (Lipinski definition) is 2. The number of hydrogen-bond donors (Lipinski definition) is 1. The Labute approximate surface area is 134 Å². The van der Waals surface area contributed by atoms with Crippen molar-refractivity contribution in [2.75, 3.05) is 7.11 Å². The van der Waals surface area contributed by atoms with Crippen molar-refractivity contribution in [1.82, 2.24) is 5.32 Å². The van der Waals surface area contributed by atoms with Gasteiger partial charge in [-0.1, -0.05) is 57.2 Å². The molecule has 1 rings (SSSR count). The molecule has 0 aliphatic carbocycles. The first-order chi connectivity index (χ1) is 10.8. The minimum Gasteiger partial charge on any atom is -0.497 e. The van der Waals surface area contributed by atoms with Crippen LogP contribution in [0.4, 0.5) is 0 Å². The summed E-state index contributed by atoms with van der Waals surface area (Å²) in [5.41, 5.74) is 1.07. The Bertz CT molecular complexity index is 437. The van der Waals surface area contributed by atoms with Crippen LogP contribution in [0.3, 0.4) is 0 Å². The van der Waals surface area contributed by atoms with E-state index in [-0.39, 0.29) is 5.91 Å². The van der Waals surface area contributed by atoms with Gasteiger partial charge in [-0.05, 0) is 36.6 Å². The van der Waals surface area contributed by atoms with E-state index < -0.39 is 0 Å². The van der Waals surface area contributed by atoms with Gasteiger partial charge < -0.3 is 10.1 Å². The van der Waals surface area contributed by atoms with Gasteiger partial charge in [-0.2, -0.15) is 0 Å². The molecule has 22 heavy (non-hydrogen) atoms. The van der Waals surface area contributed by atoms with Crippen LogP contribution in [0.5, 0.6) is 5.75 Å². The topological polar surface area (TPSA) is 38.3 Å². The molecule has 1 aromatic carbocycles. The third kappa shape index (κ3) is 8.50. The highest BCUT2D eigenvalue weighted by molar-refractivity contribution is 5.87. The van der Waals surface area contributed by atoms with Crippen molar-refractivity contribution >= 4 is 5.91 Å². The van der Waals surface area contributed by atoms with Crippen LogP contribution in [0.2, 0.25) is 0 Å². The number of benzene rings is 1. The molecule has 0 aliphatic heterocycles. The van der Waals surface area contributed by atoms with Crippen molar-refractivity contribution in [3.05, 3.63) is 42.0 Å². The molecule has 0 aliphatic rings. The molecule has 1 N–H and O–H groups in total. The second-order valence-corrected chi connectivity index (χ2v) is 5.52. The number of methoxy groups -OCH3 is 1. The molecule has 0 bridgehead atoms. The number of carbonyl (C=O) groups excluding carboxylic acids is 1. The standard InChI is InChI=1S/C19H29NO2/c1-3-4-5-6-7-8-9-10-11-19(21)20-16-17-12-14-18(22-2)15-13-17/h10-15H,3-9,16H2,1-2H3,(H,20,21)/b11-10+. The lowest BCUT2D eigenvalue weighted by atomic mass is 10.1. The summed E-state index contributed by atoms with van der Waals surface area (Å²) in [6.45, 7) is 2.78. The number of allylic oxidation sites excluding steroid dienone is 1. The van der Waals surface area contributed by atoms with Crippen LogP contribution >= 0.6 is 0 Å². The summed E-state index contributed by atoms with van der Waals surface area (Å²) in [6, 6.07) is 7.71. The Morgan fingerprint density at radius 1 is 1.09 bits per heavy atom. The smallest absolute Gasteiger partial charge is 0.243 e. The van der Waals surface area contributed by atoms with Gasteiger partial charge in [0.2, 0.25) is 5.91 Å². The summed E-state index contributed by atoms with van der Waals surface area (Å²) in [5.74, 6) is 0.802. The molecule has 122 valence electrons. The molecule has 0 saturated carbocycles. The average molecular weight is 303 g/mol. The van der Waals surface area contributed by atoms with E-state index in [4.69, 9.17) is 4.74 Å². The Kier molecular flexibility index (Phi) is 9.84. The Morgan fingerprint density at radius 2 is 1.77 bits per heavy atom. The lowest BCUT2D eigenvalue weighted by molar-refractivity contribution is -0.116. The molecule has 3 nitrogen and oxygen atoms in total. The van der Waals surface area contributed by atoms with E-state index in [9.17, 15) is 4.79 Å². The first-order valence-corrected chi connectivity index (χ1v) is 8.33. The number of nitrogens with one attached hydrogen (secondary N) is 1. The molecule has 1 amide bonds. The summed E-state index contributed by atoms with van der Waals surface area (Å²) < 4.78 is 5.10. The molecule has 3 heteroatoms. The first kappa shape index (κ1) is 18.3. The Morgan fingerprint density at radius 3 is 2.45 bits per heavy atom. The van der Waals surface area contributed by atoms with Gasteiger partial charge in [0.05, 0.1) is 7.11 Å². The molecular formula is C19H29NO2. The first-order valence-electron chi connectivity index (χ1n) is 8.33. The highest BCUT2D eigenvalue weighted by atomic mass is 16.5. The molecule has 0 unspecified atom stereocenters. The van der Waals surface area contributed by atoms with Gasteiger partial charge in [0.15, 0.2) is 0 Å². The lowest BCUT2D eigenvalue weighted by Gasteiger charge is -2.04. The maximum absolute atomic E-state index is 11.7. The lowest BCUT2D eigenvalue weighted by Crippen LogP contribution is -2.20. The average Bonchev–Trinajstić information content (AvgIpc) is 2.56. The van der Waals surface area contributed by atoms with Crippen LogP contribution in [0.15, 0.2) is 36.4 Å². The Balaban J connectivity index is 2.10. The van der Waals surface area contributed by atoms with Gasteiger partial charge >= 0.3 is 0 Å². The quantitative estimate of drug-likeness (QED) is 0.478. The molecule has 1 aromatic rings. The Hall–Kier alpha value is -1.77. The van der Waals surface area contributed by atoms with E-state index in [1.54, 1.807) is 13.2 Å². The summed E-state index contributed by atoms with van der Waals surface area (Å²) in [4.78, 5) is 11.7. The molecule has 0 saturated heterocycles. The third-order valence-corrected chi connectivity index (χ3v) is 3.62. The monoisotopic (exact) mass is 303 g/mol. The predicted molar refractivity (Wildman–Crippen MR) is 92.0 cm³/mol. The predicted octanol–water partition coefficient (Wildman–Crippen LogP) is 4.62. The maximum Gasteiger partial charge on any atom is 0.243 e. The SMILES string of the molecule is CCCCCCCC/C=C/C(=O)NCc1ccc(OC)cc1. The van der Waals surface area contributed by atoms with E-state index in [1.807, 2.05) is 30.3 Å². The van der Waals surface area contributed by atoms with E-state index in [1.165, 1.54) is 38.5 Å². The normalized spacial score (nSPS) is 10.8. The zero-order valence-corrected chi connectivity index (χ0v) is 13.9.